The lowest BCUT2D eigenvalue weighted by atomic mass is 10.1. The first-order valence-corrected chi connectivity index (χ1v) is 5.60. The molecule has 3 nitrogen and oxygen atoms in total. The third-order valence-corrected chi connectivity index (χ3v) is 2.54. The molecule has 1 aromatic heterocycles. The Morgan fingerprint density at radius 2 is 2.00 bits per heavy atom. The van der Waals surface area contributed by atoms with Gasteiger partial charge in [-0.05, 0) is 39.4 Å². The fourth-order valence-electron chi connectivity index (χ4n) is 1.55. The molecule has 1 aromatic rings. The third kappa shape index (κ3) is 3.60. The van der Waals surface area contributed by atoms with Crippen LogP contribution in [0.1, 0.15) is 23.7 Å². The summed E-state index contributed by atoms with van der Waals surface area (Å²) >= 11 is 0. The van der Waals surface area contributed by atoms with Crippen molar-refractivity contribution in [2.24, 2.45) is 0 Å². The third-order valence-electron chi connectivity index (χ3n) is 2.54. The molecule has 6 heteroatoms. The molecule has 0 aliphatic carbocycles. The van der Waals surface area contributed by atoms with E-state index in [-0.39, 0.29) is 5.88 Å². The summed E-state index contributed by atoms with van der Waals surface area (Å²) in [5.74, 6) is 0.0478. The van der Waals surface area contributed by atoms with Gasteiger partial charge in [-0.15, -0.1) is 0 Å². The van der Waals surface area contributed by atoms with Crippen LogP contribution < -0.4 is 10.1 Å². The molecule has 1 heterocycles. The van der Waals surface area contributed by atoms with Gasteiger partial charge in [0.05, 0.1) is 0 Å². The summed E-state index contributed by atoms with van der Waals surface area (Å²) < 4.78 is 42.4. The Morgan fingerprint density at radius 1 is 1.39 bits per heavy atom. The molecule has 0 aliphatic rings. The highest BCUT2D eigenvalue weighted by Crippen LogP contribution is 2.27. The van der Waals surface area contributed by atoms with Crippen LogP contribution in [0.4, 0.5) is 13.2 Å². The zero-order chi connectivity index (χ0) is 13.9. The minimum atomic E-state index is -4.39. The van der Waals surface area contributed by atoms with Crippen molar-refractivity contribution in [3.8, 4) is 5.88 Å². The second-order valence-electron chi connectivity index (χ2n) is 4.20. The van der Waals surface area contributed by atoms with Gasteiger partial charge < -0.3 is 10.1 Å². The molecule has 1 rings (SSSR count). The number of nitrogens with one attached hydrogen (secondary N) is 1. The van der Waals surface area contributed by atoms with Gasteiger partial charge in [0.1, 0.15) is 0 Å². The Balaban J connectivity index is 3.06. The largest absolute Gasteiger partial charge is 0.465 e. The van der Waals surface area contributed by atoms with Crippen LogP contribution in [0.25, 0.3) is 0 Å². The van der Waals surface area contributed by atoms with E-state index in [0.717, 1.165) is 12.5 Å². The first-order chi connectivity index (χ1) is 8.25. The second kappa shape index (κ2) is 5.56. The van der Waals surface area contributed by atoms with Gasteiger partial charge in [-0.1, -0.05) is 0 Å². The van der Waals surface area contributed by atoms with Crippen LogP contribution in [-0.2, 0) is 6.54 Å². The molecular formula is C12H17F3N2O. The lowest BCUT2D eigenvalue weighted by Crippen LogP contribution is -2.32. The molecule has 0 spiro atoms. The lowest BCUT2D eigenvalue weighted by molar-refractivity contribution is -0.190. The fraction of sp³-hybridized carbons (Fsp3) is 0.583. The van der Waals surface area contributed by atoms with Crippen molar-refractivity contribution in [2.75, 3.05) is 7.05 Å². The van der Waals surface area contributed by atoms with E-state index < -0.39 is 12.3 Å². The van der Waals surface area contributed by atoms with E-state index >= 15 is 0 Å². The molecule has 1 atom stereocenters. The normalized spacial score (nSPS) is 13.5. The standard InChI is InChI=1S/C12H17F3N2O/c1-7-5-8(2)17-11(10(7)6-16-4)18-9(3)12(13,14)15/h5,9,16H,6H2,1-4H3. The summed E-state index contributed by atoms with van der Waals surface area (Å²) in [6.07, 6.45) is -6.27. The van der Waals surface area contributed by atoms with E-state index in [2.05, 4.69) is 10.3 Å². The molecule has 1 N–H and O–H groups in total. The Labute approximate surface area is 104 Å². The topological polar surface area (TPSA) is 34.2 Å². The average Bonchev–Trinajstić information content (AvgIpc) is 2.21. The van der Waals surface area contributed by atoms with Crippen molar-refractivity contribution >= 4 is 0 Å². The maximum absolute atomic E-state index is 12.5. The van der Waals surface area contributed by atoms with Crippen LogP contribution in [0.15, 0.2) is 6.07 Å². The molecule has 0 radical (unpaired) electrons. The average molecular weight is 262 g/mol. The van der Waals surface area contributed by atoms with Gasteiger partial charge in [0, 0.05) is 17.8 Å². The van der Waals surface area contributed by atoms with Crippen molar-refractivity contribution in [1.29, 1.82) is 0 Å². The van der Waals surface area contributed by atoms with Crippen LogP contribution in [0.3, 0.4) is 0 Å². The number of nitrogens with zero attached hydrogens (tertiary/aromatic N) is 1. The predicted octanol–water partition coefficient (Wildman–Crippen LogP) is 2.75. The molecule has 102 valence electrons. The van der Waals surface area contributed by atoms with Crippen LogP contribution in [0.5, 0.6) is 5.88 Å². The molecule has 0 fully saturated rings. The van der Waals surface area contributed by atoms with E-state index in [4.69, 9.17) is 4.74 Å². The van der Waals surface area contributed by atoms with Gasteiger partial charge in [-0.3, -0.25) is 0 Å². The predicted molar refractivity (Wildman–Crippen MR) is 62.6 cm³/mol. The summed E-state index contributed by atoms with van der Waals surface area (Å²) in [6, 6.07) is 1.82. The summed E-state index contributed by atoms with van der Waals surface area (Å²) in [4.78, 5) is 4.04. The van der Waals surface area contributed by atoms with Crippen molar-refractivity contribution in [3.05, 3.63) is 22.9 Å². The van der Waals surface area contributed by atoms with Gasteiger partial charge in [0.15, 0.2) is 6.10 Å². The van der Waals surface area contributed by atoms with E-state index in [1.807, 2.05) is 13.0 Å². The highest BCUT2D eigenvalue weighted by molar-refractivity contribution is 5.36. The molecule has 0 aliphatic heterocycles. The number of hydrogen-bond donors (Lipinski definition) is 1. The molecule has 0 amide bonds. The van der Waals surface area contributed by atoms with E-state index in [1.165, 1.54) is 0 Å². The summed E-state index contributed by atoms with van der Waals surface area (Å²) in [7, 11) is 1.72. The number of hydrogen-bond acceptors (Lipinski definition) is 3. The van der Waals surface area contributed by atoms with Crippen LogP contribution in [0.2, 0.25) is 0 Å². The summed E-state index contributed by atoms with van der Waals surface area (Å²) in [5, 5.41) is 2.90. The van der Waals surface area contributed by atoms with E-state index in [1.54, 1.807) is 14.0 Å². The number of pyridine rings is 1. The summed E-state index contributed by atoms with van der Waals surface area (Å²) in [6.45, 7) is 4.94. The number of ether oxygens (including phenoxy) is 1. The molecule has 18 heavy (non-hydrogen) atoms. The van der Waals surface area contributed by atoms with Gasteiger partial charge in [-0.25, -0.2) is 4.98 Å². The van der Waals surface area contributed by atoms with E-state index in [9.17, 15) is 13.2 Å². The Kier molecular flexibility index (Phi) is 4.56. The monoisotopic (exact) mass is 262 g/mol. The van der Waals surface area contributed by atoms with E-state index in [0.29, 0.717) is 17.8 Å². The maximum Gasteiger partial charge on any atom is 0.425 e. The van der Waals surface area contributed by atoms with Gasteiger partial charge >= 0.3 is 6.18 Å². The minimum Gasteiger partial charge on any atom is -0.465 e. The zero-order valence-electron chi connectivity index (χ0n) is 10.9. The number of aryl methyl sites for hydroxylation is 2. The second-order valence-corrected chi connectivity index (χ2v) is 4.20. The first kappa shape index (κ1) is 14.8. The fourth-order valence-corrected chi connectivity index (χ4v) is 1.55. The Bertz CT molecular complexity index is 419. The van der Waals surface area contributed by atoms with Crippen LogP contribution >= 0.6 is 0 Å². The van der Waals surface area contributed by atoms with Crippen molar-refractivity contribution in [2.45, 2.75) is 39.6 Å². The molecular weight excluding hydrogens is 245 g/mol. The highest BCUT2D eigenvalue weighted by Gasteiger charge is 2.38. The molecule has 0 saturated carbocycles. The van der Waals surface area contributed by atoms with Crippen LogP contribution in [-0.4, -0.2) is 24.3 Å². The summed E-state index contributed by atoms with van der Waals surface area (Å²) in [5.41, 5.74) is 2.15. The van der Waals surface area contributed by atoms with Crippen LogP contribution in [0, 0.1) is 13.8 Å². The molecule has 0 bridgehead atoms. The number of aromatic nitrogens is 1. The van der Waals surface area contributed by atoms with Crippen molar-refractivity contribution in [1.82, 2.24) is 10.3 Å². The number of rotatable bonds is 4. The number of alkyl halides is 3. The Hall–Kier alpha value is -1.30. The van der Waals surface area contributed by atoms with Gasteiger partial charge in [0.2, 0.25) is 5.88 Å². The van der Waals surface area contributed by atoms with Crippen molar-refractivity contribution < 1.29 is 17.9 Å². The van der Waals surface area contributed by atoms with Gasteiger partial charge in [-0.2, -0.15) is 13.2 Å². The highest BCUT2D eigenvalue weighted by atomic mass is 19.4. The smallest absolute Gasteiger partial charge is 0.425 e. The maximum atomic E-state index is 12.5. The minimum absolute atomic E-state index is 0.0478. The van der Waals surface area contributed by atoms with Gasteiger partial charge in [0.25, 0.3) is 0 Å². The first-order valence-electron chi connectivity index (χ1n) is 5.60. The van der Waals surface area contributed by atoms with Crippen molar-refractivity contribution in [3.63, 3.8) is 0 Å². The molecule has 0 aromatic carbocycles. The molecule has 1 unspecified atom stereocenters. The SMILES string of the molecule is CNCc1c(C)cc(C)nc1OC(C)C(F)(F)F. The number of halogens is 3. The lowest BCUT2D eigenvalue weighted by Gasteiger charge is -2.20. The Morgan fingerprint density at radius 3 is 2.50 bits per heavy atom. The molecule has 0 saturated heterocycles. The quantitative estimate of drug-likeness (QED) is 0.906. The zero-order valence-corrected chi connectivity index (χ0v) is 10.9.